The van der Waals surface area contributed by atoms with Crippen molar-refractivity contribution in [1.29, 1.82) is 0 Å². The van der Waals surface area contributed by atoms with E-state index < -0.39 is 16.5 Å². The molecule has 10 heteroatoms. The van der Waals surface area contributed by atoms with Gasteiger partial charge in [-0.1, -0.05) is 47.5 Å². The summed E-state index contributed by atoms with van der Waals surface area (Å²) in [4.78, 5) is 0. The van der Waals surface area contributed by atoms with Crippen LogP contribution in [0.4, 0.5) is 0 Å². The molecule has 0 aliphatic carbocycles. The summed E-state index contributed by atoms with van der Waals surface area (Å²) in [7, 11) is -5.17. The SMILES string of the molecule is Cc1cccc(O[P+](=O)Oc2cc(O[P+](=O)Oc3cccc(C)c3)c(Cl)cc2Cl)c1. The van der Waals surface area contributed by atoms with Gasteiger partial charge in [0.25, 0.3) is 0 Å². The Hall–Kier alpha value is -2.36. The highest BCUT2D eigenvalue weighted by molar-refractivity contribution is 7.34. The molecule has 0 spiro atoms. The molecule has 0 heterocycles. The second kappa shape index (κ2) is 10.1. The molecule has 3 aromatic rings. The fraction of sp³-hybridized carbons (Fsp3) is 0.100. The quantitative estimate of drug-likeness (QED) is 0.303. The molecule has 2 unspecified atom stereocenters. The van der Waals surface area contributed by atoms with Crippen molar-refractivity contribution < 1.29 is 27.2 Å². The maximum Gasteiger partial charge on any atom is 0.805 e. The molecular formula is C20H16Cl2O6P2+2. The topological polar surface area (TPSA) is 71.1 Å². The summed E-state index contributed by atoms with van der Waals surface area (Å²) in [6, 6.07) is 16.6. The monoisotopic (exact) mass is 484 g/mol. The van der Waals surface area contributed by atoms with Crippen molar-refractivity contribution in [2.24, 2.45) is 0 Å². The van der Waals surface area contributed by atoms with E-state index in [9.17, 15) is 9.13 Å². The van der Waals surface area contributed by atoms with Crippen molar-refractivity contribution in [3.63, 3.8) is 0 Å². The summed E-state index contributed by atoms with van der Waals surface area (Å²) in [5.74, 6) is 0.743. The van der Waals surface area contributed by atoms with Gasteiger partial charge in [0.05, 0.1) is 10.0 Å². The van der Waals surface area contributed by atoms with Crippen LogP contribution in [0.1, 0.15) is 11.1 Å². The number of benzene rings is 3. The van der Waals surface area contributed by atoms with Gasteiger partial charge in [0, 0.05) is 15.2 Å². The molecule has 2 atom stereocenters. The molecule has 0 aliphatic heterocycles. The van der Waals surface area contributed by atoms with E-state index in [-0.39, 0.29) is 21.5 Å². The van der Waals surface area contributed by atoms with Gasteiger partial charge >= 0.3 is 16.5 Å². The maximum absolute atomic E-state index is 12.2. The Morgan fingerprint density at radius 2 is 1.07 bits per heavy atom. The van der Waals surface area contributed by atoms with Crippen molar-refractivity contribution in [2.75, 3.05) is 0 Å². The zero-order chi connectivity index (χ0) is 21.7. The van der Waals surface area contributed by atoms with Crippen LogP contribution in [0.5, 0.6) is 23.0 Å². The summed E-state index contributed by atoms with van der Waals surface area (Å²) in [6.07, 6.45) is 0. The number of rotatable bonds is 8. The number of hydrogen-bond donors (Lipinski definition) is 0. The first kappa shape index (κ1) is 22.3. The smallest absolute Gasteiger partial charge is 0.222 e. The molecule has 0 N–H and O–H groups in total. The second-order valence-electron chi connectivity index (χ2n) is 6.16. The lowest BCUT2D eigenvalue weighted by atomic mass is 10.2. The average molecular weight is 485 g/mol. The summed E-state index contributed by atoms with van der Waals surface area (Å²) in [5, 5.41) is 0.164. The Balaban J connectivity index is 1.70. The van der Waals surface area contributed by atoms with Crippen LogP contribution < -0.4 is 18.1 Å². The molecule has 0 aromatic heterocycles. The van der Waals surface area contributed by atoms with Crippen LogP contribution in [-0.4, -0.2) is 0 Å². The lowest BCUT2D eigenvalue weighted by Gasteiger charge is -2.02. The van der Waals surface area contributed by atoms with Gasteiger partial charge < -0.3 is 0 Å². The van der Waals surface area contributed by atoms with E-state index in [1.807, 2.05) is 26.0 Å². The highest BCUT2D eigenvalue weighted by Crippen LogP contribution is 2.43. The normalized spacial score (nSPS) is 11.5. The van der Waals surface area contributed by atoms with Crippen LogP contribution in [0.15, 0.2) is 60.7 Å². The van der Waals surface area contributed by atoms with E-state index >= 15 is 0 Å². The van der Waals surface area contributed by atoms with Gasteiger partial charge in [-0.25, -0.2) is 18.1 Å². The third-order valence-corrected chi connectivity index (χ3v) is 5.67. The van der Waals surface area contributed by atoms with Crippen LogP contribution in [0.2, 0.25) is 10.0 Å². The fourth-order valence-electron chi connectivity index (χ4n) is 2.36. The predicted octanol–water partition coefficient (Wildman–Crippen LogP) is 7.84. The average Bonchev–Trinajstić information content (AvgIpc) is 2.65. The summed E-state index contributed by atoms with van der Waals surface area (Å²) in [5.41, 5.74) is 1.88. The van der Waals surface area contributed by atoms with Gasteiger partial charge in [0.1, 0.15) is 0 Å². The van der Waals surface area contributed by atoms with E-state index in [4.69, 9.17) is 41.3 Å². The molecule has 0 radical (unpaired) electrons. The molecule has 0 saturated carbocycles. The number of hydrogen-bond acceptors (Lipinski definition) is 6. The molecule has 0 aliphatic rings. The molecular weight excluding hydrogens is 469 g/mol. The van der Waals surface area contributed by atoms with Crippen LogP contribution in [0, 0.1) is 13.8 Å². The lowest BCUT2D eigenvalue weighted by Crippen LogP contribution is -1.93. The minimum Gasteiger partial charge on any atom is -0.222 e. The second-order valence-corrected chi connectivity index (χ2v) is 8.60. The van der Waals surface area contributed by atoms with E-state index in [0.29, 0.717) is 11.5 Å². The highest BCUT2D eigenvalue weighted by Gasteiger charge is 2.30. The molecule has 30 heavy (non-hydrogen) atoms. The van der Waals surface area contributed by atoms with E-state index in [2.05, 4.69) is 0 Å². The largest absolute Gasteiger partial charge is 0.805 e. The van der Waals surface area contributed by atoms with Crippen molar-refractivity contribution >= 4 is 39.7 Å². The molecule has 154 valence electrons. The first-order valence-corrected chi connectivity index (χ1v) is 11.5. The summed E-state index contributed by atoms with van der Waals surface area (Å²) >= 11 is 12.2. The van der Waals surface area contributed by atoms with E-state index in [1.54, 1.807) is 36.4 Å². The van der Waals surface area contributed by atoms with Crippen molar-refractivity contribution in [1.82, 2.24) is 0 Å². The minimum absolute atomic E-state index is 0.0104. The van der Waals surface area contributed by atoms with Gasteiger partial charge in [0.2, 0.25) is 11.5 Å². The molecule has 0 saturated heterocycles. The number of aryl methyl sites for hydroxylation is 2. The van der Waals surface area contributed by atoms with Crippen molar-refractivity contribution in [2.45, 2.75) is 13.8 Å². The molecule has 0 bridgehead atoms. The Bertz CT molecular complexity index is 1020. The van der Waals surface area contributed by atoms with Gasteiger partial charge in [-0.05, 0) is 55.3 Å². The zero-order valence-electron chi connectivity index (χ0n) is 15.9. The summed E-state index contributed by atoms with van der Waals surface area (Å²) < 4.78 is 45.5. The Morgan fingerprint density at radius 1 is 0.633 bits per heavy atom. The molecule has 0 fully saturated rings. The Morgan fingerprint density at radius 3 is 1.47 bits per heavy atom. The van der Waals surface area contributed by atoms with E-state index in [1.165, 1.54) is 12.1 Å². The van der Waals surface area contributed by atoms with E-state index in [0.717, 1.165) is 11.1 Å². The fourth-order valence-corrected chi connectivity index (χ4v) is 4.20. The predicted molar refractivity (Wildman–Crippen MR) is 117 cm³/mol. The van der Waals surface area contributed by atoms with Crippen LogP contribution >= 0.6 is 39.7 Å². The third kappa shape index (κ3) is 6.32. The number of halogens is 2. The van der Waals surface area contributed by atoms with Crippen molar-refractivity contribution in [3.8, 4) is 23.0 Å². The van der Waals surface area contributed by atoms with Crippen LogP contribution in [0.3, 0.4) is 0 Å². The first-order valence-electron chi connectivity index (χ1n) is 8.59. The molecule has 3 aromatic carbocycles. The molecule has 3 rings (SSSR count). The van der Waals surface area contributed by atoms with Gasteiger partial charge in [-0.3, -0.25) is 0 Å². The third-order valence-electron chi connectivity index (χ3n) is 3.67. The maximum atomic E-state index is 12.2. The Labute approximate surface area is 185 Å². The first-order chi connectivity index (χ1) is 14.3. The van der Waals surface area contributed by atoms with Crippen LogP contribution in [0.25, 0.3) is 0 Å². The highest BCUT2D eigenvalue weighted by atomic mass is 35.5. The van der Waals surface area contributed by atoms with Crippen LogP contribution in [-0.2, 0) is 9.13 Å². The standard InChI is InChI=1S/C20H16Cl2O6P2/c1-13-5-3-7-15(9-13)25-29(23)27-19-12-20(18(22)11-17(19)21)28-30(24)26-16-8-4-6-14(2)10-16/h3-12H,1-2H3/q+2. The summed E-state index contributed by atoms with van der Waals surface area (Å²) in [6.45, 7) is 3.75. The molecule has 0 amide bonds. The zero-order valence-corrected chi connectivity index (χ0v) is 19.2. The Kier molecular flexibility index (Phi) is 7.52. The van der Waals surface area contributed by atoms with Crippen molar-refractivity contribution in [3.05, 3.63) is 81.8 Å². The van der Waals surface area contributed by atoms with Gasteiger partial charge in [0.15, 0.2) is 11.5 Å². The van der Waals surface area contributed by atoms with Gasteiger partial charge in [-0.2, -0.15) is 0 Å². The van der Waals surface area contributed by atoms with Gasteiger partial charge in [-0.15, -0.1) is 0 Å². The lowest BCUT2D eigenvalue weighted by molar-refractivity contribution is 0.409. The molecule has 6 nitrogen and oxygen atoms in total. The minimum atomic E-state index is -2.58.